The molecule has 0 aromatic heterocycles. The van der Waals surface area contributed by atoms with E-state index in [-0.39, 0.29) is 17.2 Å². The Labute approximate surface area is 104 Å². The van der Waals surface area contributed by atoms with Crippen LogP contribution >= 0.6 is 11.6 Å². The highest BCUT2D eigenvalue weighted by atomic mass is 35.5. The first-order valence-electron chi connectivity index (χ1n) is 5.93. The Morgan fingerprint density at radius 3 is 2.62 bits per heavy atom. The fourth-order valence-corrected chi connectivity index (χ4v) is 4.04. The van der Waals surface area contributed by atoms with Gasteiger partial charge in [-0.25, -0.2) is 13.1 Å². The van der Waals surface area contributed by atoms with Gasteiger partial charge in [-0.2, -0.15) is 0 Å². The Bertz CT molecular complexity index is 314. The van der Waals surface area contributed by atoms with Gasteiger partial charge in [0.25, 0.3) is 0 Å². The van der Waals surface area contributed by atoms with E-state index in [0.717, 1.165) is 19.3 Å². The Morgan fingerprint density at radius 1 is 1.38 bits per heavy atom. The van der Waals surface area contributed by atoms with Gasteiger partial charge in [-0.1, -0.05) is 26.7 Å². The van der Waals surface area contributed by atoms with Gasteiger partial charge < -0.3 is 0 Å². The van der Waals surface area contributed by atoms with Crippen molar-refractivity contribution < 1.29 is 8.42 Å². The molecule has 1 atom stereocenters. The van der Waals surface area contributed by atoms with Gasteiger partial charge in [0.2, 0.25) is 10.0 Å². The van der Waals surface area contributed by atoms with Crippen molar-refractivity contribution in [2.24, 2.45) is 5.41 Å². The van der Waals surface area contributed by atoms with Gasteiger partial charge in [0.1, 0.15) is 0 Å². The maximum absolute atomic E-state index is 11.8. The molecule has 0 aliphatic heterocycles. The van der Waals surface area contributed by atoms with E-state index >= 15 is 0 Å². The SMILES string of the molecule is CC1(C)CCCCC1NS(=O)(=O)CCCCl. The van der Waals surface area contributed by atoms with Crippen LogP contribution in [-0.4, -0.2) is 26.1 Å². The number of alkyl halides is 1. The molecule has 0 radical (unpaired) electrons. The zero-order chi connectivity index (χ0) is 12.2. The third kappa shape index (κ3) is 4.22. The maximum atomic E-state index is 11.8. The second-order valence-corrected chi connectivity index (χ2v) is 7.52. The Kier molecular flexibility index (Phi) is 5.08. The highest BCUT2D eigenvalue weighted by molar-refractivity contribution is 7.89. The van der Waals surface area contributed by atoms with E-state index in [9.17, 15) is 8.42 Å². The van der Waals surface area contributed by atoms with Crippen molar-refractivity contribution in [1.29, 1.82) is 0 Å². The number of nitrogens with one attached hydrogen (secondary N) is 1. The van der Waals surface area contributed by atoms with Crippen LogP contribution in [0.1, 0.15) is 46.0 Å². The lowest BCUT2D eigenvalue weighted by molar-refractivity contribution is 0.188. The van der Waals surface area contributed by atoms with Crippen LogP contribution < -0.4 is 4.72 Å². The lowest BCUT2D eigenvalue weighted by Gasteiger charge is -2.38. The molecule has 1 aliphatic rings. The molecule has 0 aromatic carbocycles. The molecule has 0 heterocycles. The van der Waals surface area contributed by atoms with E-state index in [1.807, 2.05) is 0 Å². The van der Waals surface area contributed by atoms with Gasteiger partial charge in [-0.05, 0) is 24.7 Å². The average molecular weight is 268 g/mol. The predicted octanol–water partition coefficient (Wildman–Crippen LogP) is 2.50. The molecule has 1 unspecified atom stereocenters. The van der Waals surface area contributed by atoms with Crippen LogP contribution in [0.5, 0.6) is 0 Å². The topological polar surface area (TPSA) is 46.2 Å². The van der Waals surface area contributed by atoms with Crippen molar-refractivity contribution in [3.63, 3.8) is 0 Å². The second-order valence-electron chi connectivity index (χ2n) is 5.27. The van der Waals surface area contributed by atoms with Gasteiger partial charge in [0, 0.05) is 11.9 Å². The summed E-state index contributed by atoms with van der Waals surface area (Å²) in [5.41, 5.74) is 0.0757. The van der Waals surface area contributed by atoms with Gasteiger partial charge in [0.05, 0.1) is 5.75 Å². The molecule has 0 saturated heterocycles. The summed E-state index contributed by atoms with van der Waals surface area (Å²) in [5, 5.41) is 0. The molecule has 1 saturated carbocycles. The third-order valence-corrected chi connectivity index (χ3v) is 5.11. The quantitative estimate of drug-likeness (QED) is 0.778. The first kappa shape index (κ1) is 14.3. The van der Waals surface area contributed by atoms with Gasteiger partial charge in [-0.15, -0.1) is 11.6 Å². The lowest BCUT2D eigenvalue weighted by atomic mass is 9.74. The molecule has 1 rings (SSSR count). The molecular formula is C11H22ClNO2S. The minimum Gasteiger partial charge on any atom is -0.212 e. The third-order valence-electron chi connectivity index (χ3n) is 3.38. The van der Waals surface area contributed by atoms with Crippen LogP contribution in [0.3, 0.4) is 0 Å². The molecule has 1 aliphatic carbocycles. The number of rotatable bonds is 5. The lowest BCUT2D eigenvalue weighted by Crippen LogP contribution is -2.47. The van der Waals surface area contributed by atoms with Crippen molar-refractivity contribution in [3.05, 3.63) is 0 Å². The van der Waals surface area contributed by atoms with E-state index in [4.69, 9.17) is 11.6 Å². The average Bonchev–Trinajstić information content (AvgIpc) is 2.18. The number of halogens is 1. The molecule has 1 fully saturated rings. The van der Waals surface area contributed by atoms with E-state index in [1.54, 1.807) is 0 Å². The van der Waals surface area contributed by atoms with Crippen LogP contribution in [0.25, 0.3) is 0 Å². The van der Waals surface area contributed by atoms with Gasteiger partial charge >= 0.3 is 0 Å². The van der Waals surface area contributed by atoms with Crippen molar-refractivity contribution in [2.45, 2.75) is 52.0 Å². The zero-order valence-electron chi connectivity index (χ0n) is 10.1. The van der Waals surface area contributed by atoms with Crippen molar-refractivity contribution in [1.82, 2.24) is 4.72 Å². The smallest absolute Gasteiger partial charge is 0.211 e. The first-order chi connectivity index (χ1) is 7.37. The molecule has 96 valence electrons. The summed E-state index contributed by atoms with van der Waals surface area (Å²) in [4.78, 5) is 0. The normalized spacial score (nSPS) is 25.6. The molecule has 0 aromatic rings. The highest BCUT2D eigenvalue weighted by Crippen LogP contribution is 2.35. The minimum absolute atomic E-state index is 0.0757. The number of sulfonamides is 1. The van der Waals surface area contributed by atoms with E-state index in [0.29, 0.717) is 12.3 Å². The van der Waals surface area contributed by atoms with Crippen LogP contribution in [-0.2, 0) is 10.0 Å². The number of hydrogen-bond donors (Lipinski definition) is 1. The summed E-state index contributed by atoms with van der Waals surface area (Å²) in [7, 11) is -3.15. The summed E-state index contributed by atoms with van der Waals surface area (Å²) in [6.45, 7) is 4.28. The van der Waals surface area contributed by atoms with Crippen LogP contribution in [0.15, 0.2) is 0 Å². The summed E-state index contributed by atoms with van der Waals surface area (Å²) in [6, 6.07) is 0.0848. The summed E-state index contributed by atoms with van der Waals surface area (Å²) in [5.74, 6) is 0.540. The Balaban J connectivity index is 2.58. The molecule has 0 spiro atoms. The monoisotopic (exact) mass is 267 g/mol. The van der Waals surface area contributed by atoms with Crippen molar-refractivity contribution in [2.75, 3.05) is 11.6 Å². The Morgan fingerprint density at radius 2 is 2.06 bits per heavy atom. The number of hydrogen-bond acceptors (Lipinski definition) is 2. The molecule has 5 heteroatoms. The standard InChI is InChI=1S/C11H22ClNO2S/c1-11(2)7-4-3-6-10(11)13-16(14,15)9-5-8-12/h10,13H,3-9H2,1-2H3. The van der Waals surface area contributed by atoms with E-state index < -0.39 is 10.0 Å². The molecule has 16 heavy (non-hydrogen) atoms. The first-order valence-corrected chi connectivity index (χ1v) is 8.12. The van der Waals surface area contributed by atoms with Crippen LogP contribution in [0.4, 0.5) is 0 Å². The van der Waals surface area contributed by atoms with Gasteiger partial charge in [-0.3, -0.25) is 0 Å². The zero-order valence-corrected chi connectivity index (χ0v) is 11.7. The fraction of sp³-hybridized carbons (Fsp3) is 1.00. The van der Waals surface area contributed by atoms with Gasteiger partial charge in [0.15, 0.2) is 0 Å². The van der Waals surface area contributed by atoms with Crippen LogP contribution in [0.2, 0.25) is 0 Å². The van der Waals surface area contributed by atoms with Crippen LogP contribution in [0, 0.1) is 5.41 Å². The molecule has 1 N–H and O–H groups in total. The summed E-state index contributed by atoms with van der Waals surface area (Å²) < 4.78 is 26.4. The maximum Gasteiger partial charge on any atom is 0.211 e. The molecule has 0 bridgehead atoms. The predicted molar refractivity (Wildman–Crippen MR) is 68.3 cm³/mol. The fourth-order valence-electron chi connectivity index (χ4n) is 2.23. The minimum atomic E-state index is -3.15. The highest BCUT2D eigenvalue weighted by Gasteiger charge is 2.34. The molecule has 0 amide bonds. The largest absolute Gasteiger partial charge is 0.212 e. The van der Waals surface area contributed by atoms with Crippen molar-refractivity contribution in [3.8, 4) is 0 Å². The Hall–Kier alpha value is 0.200. The van der Waals surface area contributed by atoms with Crippen molar-refractivity contribution >= 4 is 21.6 Å². The second kappa shape index (κ2) is 5.69. The summed E-state index contributed by atoms with van der Waals surface area (Å²) >= 11 is 5.51. The molecular weight excluding hydrogens is 246 g/mol. The van der Waals surface area contributed by atoms with E-state index in [2.05, 4.69) is 18.6 Å². The van der Waals surface area contributed by atoms with E-state index in [1.165, 1.54) is 6.42 Å². The molecule has 3 nitrogen and oxygen atoms in total. The summed E-state index contributed by atoms with van der Waals surface area (Å²) in [6.07, 6.45) is 4.88.